The molecular weight excluding hydrogens is 274 g/mol. The zero-order valence-corrected chi connectivity index (χ0v) is 12.1. The second-order valence-corrected chi connectivity index (χ2v) is 4.63. The number of hydrogen-bond donors (Lipinski definition) is 0. The Balaban J connectivity index is 2.37. The zero-order valence-electron chi connectivity index (χ0n) is 11.3. The number of aryl methyl sites for hydroxylation is 1. The van der Waals surface area contributed by atoms with Gasteiger partial charge in [0.05, 0.1) is 12.7 Å². The third-order valence-corrected chi connectivity index (χ3v) is 3.15. The Morgan fingerprint density at radius 3 is 2.50 bits per heavy atom. The van der Waals surface area contributed by atoms with Crippen molar-refractivity contribution in [2.45, 2.75) is 13.3 Å². The molecule has 0 fully saturated rings. The minimum atomic E-state index is 0.388. The highest BCUT2D eigenvalue weighted by Crippen LogP contribution is 2.34. The standard InChI is InChI=1S/C16H14ClNO2/c1-3-11-4-6-15(16(8-11)19-2)20-14-7-5-13(17)9-12(14)10-18/h4-9H,3H2,1-2H3. The van der Waals surface area contributed by atoms with Crippen molar-refractivity contribution in [2.75, 3.05) is 7.11 Å². The van der Waals surface area contributed by atoms with Crippen molar-refractivity contribution in [1.29, 1.82) is 5.26 Å². The topological polar surface area (TPSA) is 42.2 Å². The fourth-order valence-corrected chi connectivity index (χ4v) is 1.99. The lowest BCUT2D eigenvalue weighted by atomic mass is 10.1. The molecular formula is C16H14ClNO2. The number of benzene rings is 2. The predicted octanol–water partition coefficient (Wildman–Crippen LogP) is 4.57. The van der Waals surface area contributed by atoms with Gasteiger partial charge in [-0.15, -0.1) is 0 Å². The Labute approximate surface area is 123 Å². The molecule has 0 bridgehead atoms. The molecule has 0 saturated heterocycles. The van der Waals surface area contributed by atoms with Gasteiger partial charge in [0.2, 0.25) is 0 Å². The van der Waals surface area contributed by atoms with Gasteiger partial charge in [-0.3, -0.25) is 0 Å². The first-order valence-electron chi connectivity index (χ1n) is 6.22. The fraction of sp³-hybridized carbons (Fsp3) is 0.188. The van der Waals surface area contributed by atoms with Gasteiger partial charge in [0.1, 0.15) is 11.8 Å². The number of ether oxygens (including phenoxy) is 2. The lowest BCUT2D eigenvalue weighted by Gasteiger charge is -2.12. The molecule has 102 valence electrons. The second-order valence-electron chi connectivity index (χ2n) is 4.19. The van der Waals surface area contributed by atoms with Crippen LogP contribution in [0.2, 0.25) is 5.02 Å². The monoisotopic (exact) mass is 287 g/mol. The van der Waals surface area contributed by atoms with Crippen molar-refractivity contribution in [2.24, 2.45) is 0 Å². The van der Waals surface area contributed by atoms with Crippen LogP contribution in [0.25, 0.3) is 0 Å². The van der Waals surface area contributed by atoms with E-state index in [4.69, 9.17) is 26.3 Å². The first kappa shape index (κ1) is 14.2. The maximum atomic E-state index is 9.11. The molecule has 2 rings (SSSR count). The number of nitrogens with zero attached hydrogens (tertiary/aromatic N) is 1. The first-order chi connectivity index (χ1) is 9.67. The highest BCUT2D eigenvalue weighted by Gasteiger charge is 2.10. The molecule has 0 radical (unpaired) electrons. The van der Waals surface area contributed by atoms with Gasteiger partial charge in [-0.25, -0.2) is 0 Å². The van der Waals surface area contributed by atoms with Crippen LogP contribution < -0.4 is 9.47 Å². The van der Waals surface area contributed by atoms with Gasteiger partial charge in [0.15, 0.2) is 11.5 Å². The van der Waals surface area contributed by atoms with Crippen LogP contribution in [0.4, 0.5) is 0 Å². The average molecular weight is 288 g/mol. The highest BCUT2D eigenvalue weighted by atomic mass is 35.5. The van der Waals surface area contributed by atoms with E-state index < -0.39 is 0 Å². The fourth-order valence-electron chi connectivity index (χ4n) is 1.81. The van der Waals surface area contributed by atoms with Crippen molar-refractivity contribution in [1.82, 2.24) is 0 Å². The number of methoxy groups -OCH3 is 1. The van der Waals surface area contributed by atoms with Crippen molar-refractivity contribution >= 4 is 11.6 Å². The Kier molecular flexibility index (Phi) is 4.49. The van der Waals surface area contributed by atoms with Gasteiger partial charge in [-0.2, -0.15) is 5.26 Å². The molecule has 0 N–H and O–H groups in total. The molecule has 0 unspecified atom stereocenters. The van der Waals surface area contributed by atoms with Crippen LogP contribution in [0.3, 0.4) is 0 Å². The van der Waals surface area contributed by atoms with E-state index in [-0.39, 0.29) is 0 Å². The molecule has 0 spiro atoms. The van der Waals surface area contributed by atoms with Crippen molar-refractivity contribution in [3.8, 4) is 23.3 Å². The minimum absolute atomic E-state index is 0.388. The van der Waals surface area contributed by atoms with E-state index in [1.807, 2.05) is 18.2 Å². The normalized spacial score (nSPS) is 9.90. The molecule has 0 aliphatic heterocycles. The van der Waals surface area contributed by atoms with E-state index in [1.54, 1.807) is 25.3 Å². The summed E-state index contributed by atoms with van der Waals surface area (Å²) in [5, 5.41) is 9.61. The van der Waals surface area contributed by atoms with E-state index in [0.29, 0.717) is 27.8 Å². The molecule has 0 aliphatic carbocycles. The molecule has 3 nitrogen and oxygen atoms in total. The molecule has 2 aromatic carbocycles. The Hall–Kier alpha value is -2.18. The van der Waals surface area contributed by atoms with E-state index in [2.05, 4.69) is 13.0 Å². The summed E-state index contributed by atoms with van der Waals surface area (Å²) in [6, 6.07) is 12.7. The maximum Gasteiger partial charge on any atom is 0.169 e. The van der Waals surface area contributed by atoms with Crippen LogP contribution in [0, 0.1) is 11.3 Å². The first-order valence-corrected chi connectivity index (χ1v) is 6.60. The summed E-state index contributed by atoms with van der Waals surface area (Å²) in [5.74, 6) is 1.67. The summed E-state index contributed by atoms with van der Waals surface area (Å²) in [6.07, 6.45) is 0.918. The number of halogens is 1. The summed E-state index contributed by atoms with van der Waals surface area (Å²) in [7, 11) is 1.59. The molecule has 4 heteroatoms. The van der Waals surface area contributed by atoms with Crippen LogP contribution >= 0.6 is 11.6 Å². The molecule has 0 amide bonds. The van der Waals surface area contributed by atoms with Crippen LogP contribution in [0.5, 0.6) is 17.2 Å². The Morgan fingerprint density at radius 1 is 1.10 bits per heavy atom. The zero-order chi connectivity index (χ0) is 14.5. The molecule has 20 heavy (non-hydrogen) atoms. The van der Waals surface area contributed by atoms with Crippen LogP contribution in [0.15, 0.2) is 36.4 Å². The van der Waals surface area contributed by atoms with Crippen LogP contribution in [-0.2, 0) is 6.42 Å². The van der Waals surface area contributed by atoms with Gasteiger partial charge in [-0.05, 0) is 42.3 Å². The van der Waals surface area contributed by atoms with Crippen molar-refractivity contribution in [3.05, 3.63) is 52.5 Å². The summed E-state index contributed by atoms with van der Waals surface area (Å²) in [4.78, 5) is 0. The Bertz CT molecular complexity index is 662. The van der Waals surface area contributed by atoms with Gasteiger partial charge in [0, 0.05) is 5.02 Å². The quantitative estimate of drug-likeness (QED) is 0.827. The van der Waals surface area contributed by atoms with E-state index in [1.165, 1.54) is 0 Å². The molecule has 0 aromatic heterocycles. The summed E-state index contributed by atoms with van der Waals surface area (Å²) >= 11 is 5.87. The van der Waals surface area contributed by atoms with E-state index in [9.17, 15) is 0 Å². The van der Waals surface area contributed by atoms with Crippen molar-refractivity contribution < 1.29 is 9.47 Å². The minimum Gasteiger partial charge on any atom is -0.493 e. The number of hydrogen-bond acceptors (Lipinski definition) is 3. The molecule has 0 saturated carbocycles. The molecule has 2 aromatic rings. The lowest BCUT2D eigenvalue weighted by Crippen LogP contribution is -1.93. The van der Waals surface area contributed by atoms with Gasteiger partial charge < -0.3 is 9.47 Å². The number of rotatable bonds is 4. The molecule has 0 aliphatic rings. The number of nitriles is 1. The summed E-state index contributed by atoms with van der Waals surface area (Å²) < 4.78 is 11.1. The smallest absolute Gasteiger partial charge is 0.169 e. The highest BCUT2D eigenvalue weighted by molar-refractivity contribution is 6.30. The van der Waals surface area contributed by atoms with Gasteiger partial charge >= 0.3 is 0 Å². The third-order valence-electron chi connectivity index (χ3n) is 2.92. The second kappa shape index (κ2) is 6.31. The summed E-state index contributed by atoms with van der Waals surface area (Å²) in [6.45, 7) is 2.07. The van der Waals surface area contributed by atoms with Gasteiger partial charge in [-0.1, -0.05) is 24.6 Å². The summed E-state index contributed by atoms with van der Waals surface area (Å²) in [5.41, 5.74) is 1.55. The Morgan fingerprint density at radius 2 is 1.85 bits per heavy atom. The van der Waals surface area contributed by atoms with E-state index >= 15 is 0 Å². The van der Waals surface area contributed by atoms with Gasteiger partial charge in [0.25, 0.3) is 0 Å². The van der Waals surface area contributed by atoms with Crippen molar-refractivity contribution in [3.63, 3.8) is 0 Å². The van der Waals surface area contributed by atoms with Crippen LogP contribution in [-0.4, -0.2) is 7.11 Å². The third kappa shape index (κ3) is 3.04. The molecule has 0 heterocycles. The SMILES string of the molecule is CCc1ccc(Oc2ccc(Cl)cc2C#N)c(OC)c1. The predicted molar refractivity (Wildman–Crippen MR) is 78.6 cm³/mol. The average Bonchev–Trinajstić information content (AvgIpc) is 2.49. The van der Waals surface area contributed by atoms with Crippen LogP contribution in [0.1, 0.15) is 18.1 Å². The lowest BCUT2D eigenvalue weighted by molar-refractivity contribution is 0.378. The largest absolute Gasteiger partial charge is 0.493 e. The maximum absolute atomic E-state index is 9.11. The van der Waals surface area contributed by atoms with E-state index in [0.717, 1.165) is 12.0 Å². The molecule has 0 atom stereocenters.